The van der Waals surface area contributed by atoms with Crippen molar-refractivity contribution in [1.82, 2.24) is 26.3 Å². The maximum atomic E-state index is 13.8. The number of ketones is 1. The summed E-state index contributed by atoms with van der Waals surface area (Å²) < 4.78 is 5.21. The molecule has 4 N–H and O–H groups in total. The molecule has 3 aromatic carbocycles. The number of carbonyl (C=O) groups excluding carboxylic acids is 5. The van der Waals surface area contributed by atoms with Crippen molar-refractivity contribution in [3.05, 3.63) is 138 Å². The molecular weight excluding hydrogens is 598 g/mol. The number of nitrogens with one attached hydrogen (secondary N) is 4. The van der Waals surface area contributed by atoms with Gasteiger partial charge in [0.25, 0.3) is 5.91 Å². The first-order valence-corrected chi connectivity index (χ1v) is 15.1. The summed E-state index contributed by atoms with van der Waals surface area (Å²) in [7, 11) is 0. The predicted octanol–water partition coefficient (Wildman–Crippen LogP) is 4.02. The highest BCUT2D eigenvalue weighted by Crippen LogP contribution is 2.08. The number of hydrogen-bond acceptors (Lipinski definition) is 7. The highest BCUT2D eigenvalue weighted by atomic mass is 16.5. The topological polar surface area (TPSA) is 156 Å². The fourth-order valence-corrected chi connectivity index (χ4v) is 4.62. The molecule has 250 valence electrons. The van der Waals surface area contributed by atoms with Crippen molar-refractivity contribution in [2.45, 2.75) is 51.0 Å². The summed E-state index contributed by atoms with van der Waals surface area (Å²) in [5.74, 6) is -3.01. The van der Waals surface area contributed by atoms with Crippen molar-refractivity contribution < 1.29 is 34.4 Å². The van der Waals surface area contributed by atoms with Crippen LogP contribution in [0, 0.1) is 0 Å². The molecule has 4 aromatic rings. The van der Waals surface area contributed by atoms with E-state index in [0.717, 1.165) is 16.7 Å². The highest BCUT2D eigenvalue weighted by Gasteiger charge is 2.31. The van der Waals surface area contributed by atoms with Gasteiger partial charge in [0, 0.05) is 37.5 Å². The second-order valence-electron chi connectivity index (χ2n) is 10.8. The van der Waals surface area contributed by atoms with Crippen molar-refractivity contribution in [2.24, 2.45) is 0 Å². The number of aromatic nitrogens is 1. The molecule has 0 fully saturated rings. The average molecular weight is 644 g/mol. The van der Waals surface area contributed by atoms with Gasteiger partial charge in [-0.25, -0.2) is 4.79 Å². The Labute approximate surface area is 279 Å². The van der Waals surface area contributed by atoms with Crippen LogP contribution in [0.25, 0.3) is 0 Å². The maximum Gasteiger partial charge on any atom is 0.408 e. The molecule has 47 heavy (non-hydrogen) atoms. The minimum atomic E-state index is -1.22. The van der Waals surface area contributed by atoms with Crippen molar-refractivity contribution >= 4 is 29.6 Å². The second-order valence-corrected chi connectivity index (χ2v) is 10.8. The fraction of sp³-hybridized carbons (Fsp3) is 0.222. The maximum absolute atomic E-state index is 13.8. The molecule has 11 heteroatoms. The van der Waals surface area contributed by atoms with Gasteiger partial charge in [-0.1, -0.05) is 91.0 Å². The standard InChI is InChI=1S/C36H37N5O6.4H2/c1-25(39-36(46)47-24-29-15-9-4-10-16-29)33(43)41-31(22-27-17-19-37-20-18-27)34(44)40-30(21-26-11-5-2-6-12-26)32(42)35(45)38-23-28-13-7-3-8-14-28;;;;/h2-20,25,30-31H,21-24H2,1H3,(H,38,45)(H,39,46)(H,40,44)(H,41,43);4*1H/t25-,30-,31-;;;;/m0..../s1. The number of nitrogens with zero attached hydrogens (tertiary/aromatic N) is 1. The Morgan fingerprint density at radius 2 is 1.15 bits per heavy atom. The van der Waals surface area contributed by atoms with Gasteiger partial charge in [-0.2, -0.15) is 0 Å². The van der Waals surface area contributed by atoms with Gasteiger partial charge < -0.3 is 26.0 Å². The van der Waals surface area contributed by atoms with Crippen LogP contribution in [0.2, 0.25) is 0 Å². The molecule has 0 aliphatic carbocycles. The molecule has 1 heterocycles. The Balaban J connectivity index is 0.00000625. The Morgan fingerprint density at radius 1 is 0.638 bits per heavy atom. The molecule has 0 saturated carbocycles. The lowest BCUT2D eigenvalue weighted by Crippen LogP contribution is -2.57. The van der Waals surface area contributed by atoms with Gasteiger partial charge in [-0.3, -0.25) is 24.2 Å². The SMILES string of the molecule is C[C@H](NC(=O)OCc1ccccc1)C(=O)N[C@@H](Cc1ccncc1)C(=O)N[C@@H](Cc1ccccc1)C(=O)C(=O)NCc1ccccc1.[HH].[HH].[HH].[HH]. The molecule has 0 bridgehead atoms. The number of amides is 4. The zero-order valence-corrected chi connectivity index (χ0v) is 25.9. The van der Waals surface area contributed by atoms with Crippen LogP contribution >= 0.6 is 0 Å². The van der Waals surface area contributed by atoms with Crippen LogP contribution < -0.4 is 21.3 Å². The van der Waals surface area contributed by atoms with Gasteiger partial charge in [-0.15, -0.1) is 0 Å². The lowest BCUT2D eigenvalue weighted by Gasteiger charge is -2.24. The second kappa shape index (κ2) is 17.6. The Bertz CT molecular complexity index is 1640. The van der Waals surface area contributed by atoms with E-state index < -0.39 is 47.7 Å². The summed E-state index contributed by atoms with van der Waals surface area (Å²) in [5.41, 5.74) is 3.00. The van der Waals surface area contributed by atoms with Gasteiger partial charge in [0.2, 0.25) is 17.6 Å². The number of ether oxygens (including phenoxy) is 1. The van der Waals surface area contributed by atoms with E-state index >= 15 is 0 Å². The van der Waals surface area contributed by atoms with E-state index in [4.69, 9.17) is 4.74 Å². The molecule has 0 unspecified atom stereocenters. The van der Waals surface area contributed by atoms with Crippen molar-refractivity contribution in [3.8, 4) is 0 Å². The van der Waals surface area contributed by atoms with E-state index in [1.54, 1.807) is 60.9 Å². The number of pyridine rings is 1. The fourth-order valence-electron chi connectivity index (χ4n) is 4.62. The Hall–Kier alpha value is -5.84. The Kier molecular flexibility index (Phi) is 12.7. The summed E-state index contributed by atoms with van der Waals surface area (Å²) >= 11 is 0. The first-order valence-electron chi connectivity index (χ1n) is 15.1. The molecular formula is C36H45N5O6. The highest BCUT2D eigenvalue weighted by molar-refractivity contribution is 6.38. The summed E-state index contributed by atoms with van der Waals surface area (Å²) in [4.78, 5) is 69.7. The number of carbonyl (C=O) groups is 5. The molecule has 3 atom stereocenters. The van der Waals surface area contributed by atoms with Gasteiger partial charge in [0.05, 0.1) is 0 Å². The zero-order valence-electron chi connectivity index (χ0n) is 25.9. The van der Waals surface area contributed by atoms with Crippen LogP contribution in [0.15, 0.2) is 116 Å². The molecule has 0 aliphatic rings. The van der Waals surface area contributed by atoms with Crippen LogP contribution in [0.4, 0.5) is 4.79 Å². The van der Waals surface area contributed by atoms with E-state index in [1.165, 1.54) is 6.92 Å². The Morgan fingerprint density at radius 3 is 1.77 bits per heavy atom. The lowest BCUT2D eigenvalue weighted by atomic mass is 10.00. The molecule has 11 nitrogen and oxygen atoms in total. The molecule has 0 aliphatic heterocycles. The minimum Gasteiger partial charge on any atom is -0.445 e. The number of Topliss-reactive ketones (excluding diaryl/α,β-unsaturated/α-hetero) is 1. The number of hydrogen-bond donors (Lipinski definition) is 4. The van der Waals surface area contributed by atoms with Gasteiger partial charge in [0.15, 0.2) is 0 Å². The smallest absolute Gasteiger partial charge is 0.408 e. The van der Waals surface area contributed by atoms with Gasteiger partial charge in [0.1, 0.15) is 24.7 Å². The van der Waals surface area contributed by atoms with E-state index in [1.807, 2.05) is 54.6 Å². The first kappa shape index (κ1) is 34.0. The molecule has 0 saturated heterocycles. The third-order valence-electron chi connectivity index (χ3n) is 7.20. The lowest BCUT2D eigenvalue weighted by molar-refractivity contribution is -0.140. The summed E-state index contributed by atoms with van der Waals surface area (Å²) in [5, 5.41) is 10.5. The van der Waals surface area contributed by atoms with Crippen molar-refractivity contribution in [3.63, 3.8) is 0 Å². The normalized spacial score (nSPS) is 12.4. The van der Waals surface area contributed by atoms with Crippen LogP contribution in [0.1, 0.15) is 34.9 Å². The largest absolute Gasteiger partial charge is 0.445 e. The van der Waals surface area contributed by atoms with Crippen LogP contribution in [-0.4, -0.2) is 52.7 Å². The summed E-state index contributed by atoms with van der Waals surface area (Å²) in [6.07, 6.45) is 2.40. The summed E-state index contributed by atoms with van der Waals surface area (Å²) in [6.45, 7) is 1.61. The minimum absolute atomic E-state index is 0. The predicted molar refractivity (Wildman–Crippen MR) is 183 cm³/mol. The number of benzene rings is 3. The molecule has 4 rings (SSSR count). The average Bonchev–Trinajstić information content (AvgIpc) is 3.10. The quantitative estimate of drug-likeness (QED) is 0.143. The molecule has 0 spiro atoms. The summed E-state index contributed by atoms with van der Waals surface area (Å²) in [6, 6.07) is 27.1. The molecule has 1 aromatic heterocycles. The number of rotatable bonds is 15. The van der Waals surface area contributed by atoms with E-state index in [9.17, 15) is 24.0 Å². The van der Waals surface area contributed by atoms with Crippen LogP contribution in [0.3, 0.4) is 0 Å². The van der Waals surface area contributed by atoms with E-state index in [-0.39, 0.29) is 31.7 Å². The van der Waals surface area contributed by atoms with Crippen LogP contribution in [0.5, 0.6) is 0 Å². The van der Waals surface area contributed by atoms with Gasteiger partial charge >= 0.3 is 6.09 Å². The monoisotopic (exact) mass is 643 g/mol. The van der Waals surface area contributed by atoms with E-state index in [2.05, 4.69) is 26.3 Å². The molecule has 4 amide bonds. The third-order valence-corrected chi connectivity index (χ3v) is 7.20. The third kappa shape index (κ3) is 11.2. The van der Waals surface area contributed by atoms with Crippen molar-refractivity contribution in [1.29, 1.82) is 0 Å². The first-order chi connectivity index (χ1) is 22.8. The van der Waals surface area contributed by atoms with Crippen molar-refractivity contribution in [2.75, 3.05) is 0 Å². The van der Waals surface area contributed by atoms with Gasteiger partial charge in [-0.05, 0) is 41.3 Å². The van der Waals surface area contributed by atoms with Crippen LogP contribution in [-0.2, 0) is 49.9 Å². The zero-order chi connectivity index (χ0) is 33.4. The number of alkyl carbamates (subject to hydrolysis) is 1. The molecule has 0 radical (unpaired) electrons. The van der Waals surface area contributed by atoms with E-state index in [0.29, 0.717) is 5.56 Å².